The number of urea groups is 1. The summed E-state index contributed by atoms with van der Waals surface area (Å²) in [5.74, 6) is -0.159. The van der Waals surface area contributed by atoms with Crippen molar-refractivity contribution in [1.82, 2.24) is 0 Å². The molecule has 0 unspecified atom stereocenters. The van der Waals surface area contributed by atoms with Crippen LogP contribution in [0.25, 0.3) is 0 Å². The normalized spacial score (nSPS) is 14.3. The Labute approximate surface area is 204 Å². The molecule has 1 fully saturated rings. The molecule has 0 atom stereocenters. The number of hydrogen-bond acceptors (Lipinski definition) is 4. The van der Waals surface area contributed by atoms with Crippen LogP contribution in [-0.2, 0) is 16.4 Å². The van der Waals surface area contributed by atoms with E-state index in [1.54, 1.807) is 0 Å². The quantitative estimate of drug-likeness (QED) is 0.234. The van der Waals surface area contributed by atoms with E-state index in [0.717, 1.165) is 36.6 Å². The zero-order valence-electron chi connectivity index (χ0n) is 19.1. The first kappa shape index (κ1) is 24.5. The monoisotopic (exact) mass is 497 g/mol. The molecule has 0 aliphatic heterocycles. The van der Waals surface area contributed by atoms with E-state index in [0.29, 0.717) is 5.69 Å². The molecule has 0 radical (unpaired) electrons. The summed E-state index contributed by atoms with van der Waals surface area (Å²) in [7, 11) is -4.07. The fourth-order valence-corrected chi connectivity index (χ4v) is 5.32. The number of nitrogens with one attached hydrogen (secondary N) is 3. The standard InChI is InChI=1S/C26H28FN3O4S/c27-20-8-13-23(14-9-20)35(33,34)30-24-17-22(12-15-25(24)31)29-26(32)28-21-10-6-19(7-11-21)16-18-4-2-1-3-5-18/h6-15,17-18,30-31H,1-5,16H2,(H2,28,29,32). The van der Waals surface area contributed by atoms with Crippen LogP contribution in [0.3, 0.4) is 0 Å². The number of carbonyl (C=O) groups is 1. The molecule has 4 rings (SSSR count). The molecule has 7 nitrogen and oxygen atoms in total. The van der Waals surface area contributed by atoms with Gasteiger partial charge in [-0.2, -0.15) is 0 Å². The fraction of sp³-hybridized carbons (Fsp3) is 0.269. The molecule has 0 bridgehead atoms. The van der Waals surface area contributed by atoms with Gasteiger partial charge in [-0.05, 0) is 72.5 Å². The predicted octanol–water partition coefficient (Wildman–Crippen LogP) is 6.10. The van der Waals surface area contributed by atoms with Gasteiger partial charge in [0.2, 0.25) is 0 Å². The number of phenols is 1. The Hall–Kier alpha value is -3.59. The number of benzene rings is 3. The minimum Gasteiger partial charge on any atom is -0.506 e. The molecule has 4 N–H and O–H groups in total. The maximum absolute atomic E-state index is 13.1. The van der Waals surface area contributed by atoms with Gasteiger partial charge in [-0.3, -0.25) is 4.72 Å². The van der Waals surface area contributed by atoms with E-state index < -0.39 is 21.9 Å². The van der Waals surface area contributed by atoms with Crippen LogP contribution < -0.4 is 15.4 Å². The fourth-order valence-electron chi connectivity index (χ4n) is 4.26. The lowest BCUT2D eigenvalue weighted by Gasteiger charge is -2.21. The Morgan fingerprint density at radius 3 is 2.20 bits per heavy atom. The number of amides is 2. The van der Waals surface area contributed by atoms with Crippen LogP contribution in [0.15, 0.2) is 71.6 Å². The lowest BCUT2D eigenvalue weighted by molar-refractivity contribution is 0.262. The summed E-state index contributed by atoms with van der Waals surface area (Å²) in [4.78, 5) is 12.3. The Kier molecular flexibility index (Phi) is 7.55. The van der Waals surface area contributed by atoms with E-state index in [-0.39, 0.29) is 22.0 Å². The predicted molar refractivity (Wildman–Crippen MR) is 135 cm³/mol. The summed E-state index contributed by atoms with van der Waals surface area (Å²) < 4.78 is 40.5. The Balaban J connectivity index is 1.37. The molecular weight excluding hydrogens is 469 g/mol. The van der Waals surface area contributed by atoms with E-state index in [2.05, 4.69) is 15.4 Å². The highest BCUT2D eigenvalue weighted by Crippen LogP contribution is 2.30. The number of rotatable bonds is 7. The van der Waals surface area contributed by atoms with Crippen LogP contribution in [0.1, 0.15) is 37.7 Å². The molecular formula is C26H28FN3O4S. The highest BCUT2D eigenvalue weighted by Gasteiger charge is 2.17. The number of sulfonamides is 1. The van der Waals surface area contributed by atoms with Gasteiger partial charge in [0.1, 0.15) is 11.6 Å². The lowest BCUT2D eigenvalue weighted by atomic mass is 9.85. The van der Waals surface area contributed by atoms with E-state index >= 15 is 0 Å². The first-order valence-corrected chi connectivity index (χ1v) is 13.1. The Bertz CT molecular complexity index is 1270. The topological polar surface area (TPSA) is 108 Å². The molecule has 9 heteroatoms. The van der Waals surface area contributed by atoms with Crippen molar-refractivity contribution in [2.75, 3.05) is 15.4 Å². The number of aromatic hydroxyl groups is 1. The minimum absolute atomic E-state index is 0.126. The molecule has 1 saturated carbocycles. The average molecular weight is 498 g/mol. The van der Waals surface area contributed by atoms with Crippen molar-refractivity contribution in [2.45, 2.75) is 43.4 Å². The first-order valence-electron chi connectivity index (χ1n) is 11.6. The van der Waals surface area contributed by atoms with Crippen molar-refractivity contribution in [3.63, 3.8) is 0 Å². The Morgan fingerprint density at radius 1 is 0.886 bits per heavy atom. The van der Waals surface area contributed by atoms with Crippen LogP contribution in [0.4, 0.5) is 26.2 Å². The first-order chi connectivity index (χ1) is 16.8. The molecule has 0 heterocycles. The van der Waals surface area contributed by atoms with Crippen molar-refractivity contribution in [1.29, 1.82) is 0 Å². The summed E-state index contributed by atoms with van der Waals surface area (Å²) in [5, 5.41) is 15.5. The van der Waals surface area contributed by atoms with Crippen molar-refractivity contribution in [3.05, 3.63) is 78.1 Å². The van der Waals surface area contributed by atoms with E-state index in [1.165, 1.54) is 55.9 Å². The van der Waals surface area contributed by atoms with Gasteiger partial charge in [0.25, 0.3) is 10.0 Å². The van der Waals surface area contributed by atoms with Crippen molar-refractivity contribution in [3.8, 4) is 5.75 Å². The SMILES string of the molecule is O=C(Nc1ccc(CC2CCCCC2)cc1)Nc1ccc(O)c(NS(=O)(=O)c2ccc(F)cc2)c1. The van der Waals surface area contributed by atoms with Gasteiger partial charge in [-0.15, -0.1) is 0 Å². The summed E-state index contributed by atoms with van der Waals surface area (Å²) in [5.41, 5.74) is 2.02. The molecule has 35 heavy (non-hydrogen) atoms. The van der Waals surface area contributed by atoms with Gasteiger partial charge < -0.3 is 15.7 Å². The maximum atomic E-state index is 13.1. The maximum Gasteiger partial charge on any atom is 0.323 e. The number of carbonyl (C=O) groups excluding carboxylic acids is 1. The Morgan fingerprint density at radius 2 is 1.51 bits per heavy atom. The molecule has 3 aromatic carbocycles. The molecule has 0 spiro atoms. The molecule has 3 aromatic rings. The summed E-state index contributed by atoms with van der Waals surface area (Å²) in [6, 6.07) is 15.5. The smallest absolute Gasteiger partial charge is 0.323 e. The third-order valence-electron chi connectivity index (χ3n) is 6.08. The second-order valence-electron chi connectivity index (χ2n) is 8.78. The van der Waals surface area contributed by atoms with Gasteiger partial charge in [0, 0.05) is 11.4 Å². The van der Waals surface area contributed by atoms with Gasteiger partial charge in [0.15, 0.2) is 0 Å². The third-order valence-corrected chi connectivity index (χ3v) is 7.47. The molecule has 184 valence electrons. The van der Waals surface area contributed by atoms with Crippen molar-refractivity contribution < 1.29 is 22.7 Å². The molecule has 0 aromatic heterocycles. The van der Waals surface area contributed by atoms with Crippen LogP contribution in [0.2, 0.25) is 0 Å². The van der Waals surface area contributed by atoms with Crippen molar-refractivity contribution in [2.24, 2.45) is 5.92 Å². The number of anilines is 3. The molecule has 0 saturated heterocycles. The lowest BCUT2D eigenvalue weighted by Crippen LogP contribution is -2.19. The van der Waals surface area contributed by atoms with Gasteiger partial charge in [-0.1, -0.05) is 44.2 Å². The van der Waals surface area contributed by atoms with Gasteiger partial charge >= 0.3 is 6.03 Å². The van der Waals surface area contributed by atoms with E-state index in [9.17, 15) is 22.7 Å². The van der Waals surface area contributed by atoms with Crippen LogP contribution in [0, 0.1) is 11.7 Å². The number of phenolic OH excluding ortho intramolecular Hbond substituents is 1. The van der Waals surface area contributed by atoms with E-state index in [1.807, 2.05) is 24.3 Å². The summed E-state index contributed by atoms with van der Waals surface area (Å²) in [6.07, 6.45) is 7.54. The highest BCUT2D eigenvalue weighted by atomic mass is 32.2. The van der Waals surface area contributed by atoms with Crippen molar-refractivity contribution >= 4 is 33.1 Å². The van der Waals surface area contributed by atoms with Crippen LogP contribution in [-0.4, -0.2) is 19.6 Å². The van der Waals surface area contributed by atoms with Gasteiger partial charge in [0.05, 0.1) is 10.6 Å². The van der Waals surface area contributed by atoms with Crippen LogP contribution in [0.5, 0.6) is 5.75 Å². The molecule has 2 amide bonds. The summed E-state index contributed by atoms with van der Waals surface area (Å²) in [6.45, 7) is 0. The van der Waals surface area contributed by atoms with Crippen LogP contribution >= 0.6 is 0 Å². The largest absolute Gasteiger partial charge is 0.506 e. The second kappa shape index (κ2) is 10.8. The number of hydrogen-bond donors (Lipinski definition) is 4. The zero-order chi connectivity index (χ0) is 24.8. The number of halogens is 1. The molecule has 1 aliphatic carbocycles. The summed E-state index contributed by atoms with van der Waals surface area (Å²) >= 11 is 0. The second-order valence-corrected chi connectivity index (χ2v) is 10.5. The average Bonchev–Trinajstić information content (AvgIpc) is 2.83. The highest BCUT2D eigenvalue weighted by molar-refractivity contribution is 7.92. The van der Waals surface area contributed by atoms with E-state index in [4.69, 9.17) is 0 Å². The zero-order valence-corrected chi connectivity index (χ0v) is 19.9. The molecule has 1 aliphatic rings. The minimum atomic E-state index is -4.07. The van der Waals surface area contributed by atoms with Gasteiger partial charge in [-0.25, -0.2) is 17.6 Å². The third kappa shape index (κ3) is 6.73.